The molecule has 4 nitrogen and oxygen atoms in total. The van der Waals surface area contributed by atoms with E-state index in [0.29, 0.717) is 50.7 Å². The summed E-state index contributed by atoms with van der Waals surface area (Å²) in [5.74, 6) is 3.44. The van der Waals surface area contributed by atoms with Crippen LogP contribution in [0, 0.1) is 30.1 Å². The van der Waals surface area contributed by atoms with Gasteiger partial charge in [0, 0.05) is 48.7 Å². The van der Waals surface area contributed by atoms with Crippen LogP contribution in [0.15, 0.2) is 60.2 Å². The first-order chi connectivity index (χ1) is 18.3. The minimum absolute atomic E-state index is 0. The highest BCUT2D eigenvalue weighted by molar-refractivity contribution is 6.08. The van der Waals surface area contributed by atoms with Crippen molar-refractivity contribution in [3.8, 4) is 12.3 Å². The molecule has 0 heterocycles. The zero-order chi connectivity index (χ0) is 27.2. The number of Topliss-reactive ketones (excluding diaryl/α,β-unsaturated/α-hetero) is 2. The molecule has 0 bridgehead atoms. The fourth-order valence-electron chi connectivity index (χ4n) is 5.59. The second-order valence-corrected chi connectivity index (χ2v) is 10.5. The van der Waals surface area contributed by atoms with Gasteiger partial charge in [-0.25, -0.2) is 0 Å². The molecule has 2 aromatic carbocycles. The molecule has 198 valence electrons. The van der Waals surface area contributed by atoms with Gasteiger partial charge >= 0.3 is 0 Å². The molecule has 0 N–H and O–H groups in total. The molecule has 2 aromatic rings. The van der Waals surface area contributed by atoms with Crippen molar-refractivity contribution in [1.82, 2.24) is 0 Å². The molecule has 1 fully saturated rings. The van der Waals surface area contributed by atoms with Crippen LogP contribution in [0.2, 0.25) is 0 Å². The van der Waals surface area contributed by atoms with E-state index in [0.717, 1.165) is 33.6 Å². The summed E-state index contributed by atoms with van der Waals surface area (Å²) in [5.41, 5.74) is 5.34. The van der Waals surface area contributed by atoms with E-state index >= 15 is 0 Å². The number of ether oxygens (including phenoxy) is 1. The predicted octanol–water partition coefficient (Wildman–Crippen LogP) is 7.13. The Balaban J connectivity index is 0.00000420. The molecule has 38 heavy (non-hydrogen) atoms. The SMILES string of the molecule is C#CC(C)/C(=C(\OCC)c1ccccc1)c1ccc2c(c1)CC(CC1CCC(=O)CCC(C)C1=O)=CC2=O.[HH]. The molecule has 0 amide bonds. The van der Waals surface area contributed by atoms with Crippen molar-refractivity contribution >= 4 is 28.7 Å². The van der Waals surface area contributed by atoms with Gasteiger partial charge in [0.2, 0.25) is 0 Å². The number of terminal acetylenes is 1. The first-order valence-electron chi connectivity index (χ1n) is 13.6. The van der Waals surface area contributed by atoms with Crippen LogP contribution in [-0.2, 0) is 20.7 Å². The Morgan fingerprint density at radius 1 is 1.08 bits per heavy atom. The van der Waals surface area contributed by atoms with Crippen LogP contribution in [0.25, 0.3) is 11.3 Å². The minimum atomic E-state index is -0.224. The smallest absolute Gasteiger partial charge is 0.186 e. The van der Waals surface area contributed by atoms with E-state index in [4.69, 9.17) is 11.2 Å². The molecule has 2 aliphatic carbocycles. The molecule has 0 radical (unpaired) electrons. The number of carbonyl (C=O) groups excluding carboxylic acids is 3. The van der Waals surface area contributed by atoms with E-state index in [2.05, 4.69) is 12.0 Å². The number of hydrogen-bond acceptors (Lipinski definition) is 4. The molecule has 4 heteroatoms. The molecule has 0 spiro atoms. The molecule has 0 saturated heterocycles. The highest BCUT2D eigenvalue weighted by Gasteiger charge is 2.30. The second-order valence-electron chi connectivity index (χ2n) is 10.5. The van der Waals surface area contributed by atoms with Gasteiger partial charge in [-0.1, -0.05) is 66.9 Å². The van der Waals surface area contributed by atoms with Gasteiger partial charge in [-0.3, -0.25) is 14.4 Å². The predicted molar refractivity (Wildman–Crippen MR) is 153 cm³/mol. The van der Waals surface area contributed by atoms with Gasteiger partial charge in [-0.2, -0.15) is 0 Å². The van der Waals surface area contributed by atoms with Crippen LogP contribution < -0.4 is 0 Å². The summed E-state index contributed by atoms with van der Waals surface area (Å²) in [6, 6.07) is 15.8. The average molecular weight is 511 g/mol. The van der Waals surface area contributed by atoms with E-state index in [1.54, 1.807) is 6.08 Å². The highest BCUT2D eigenvalue weighted by atomic mass is 16.5. The van der Waals surface area contributed by atoms with Crippen LogP contribution in [0.3, 0.4) is 0 Å². The van der Waals surface area contributed by atoms with Crippen LogP contribution in [0.4, 0.5) is 0 Å². The zero-order valence-electron chi connectivity index (χ0n) is 22.6. The minimum Gasteiger partial charge on any atom is -0.493 e. The first kappa shape index (κ1) is 27.3. The highest BCUT2D eigenvalue weighted by Crippen LogP contribution is 2.36. The summed E-state index contributed by atoms with van der Waals surface area (Å²) >= 11 is 0. The van der Waals surface area contributed by atoms with E-state index in [-0.39, 0.29) is 36.5 Å². The van der Waals surface area contributed by atoms with Gasteiger partial charge in [0.25, 0.3) is 0 Å². The van der Waals surface area contributed by atoms with E-state index in [9.17, 15) is 14.4 Å². The largest absolute Gasteiger partial charge is 0.493 e. The number of hydrogen-bond donors (Lipinski definition) is 0. The Labute approximate surface area is 227 Å². The van der Waals surface area contributed by atoms with Crippen molar-refractivity contribution < 1.29 is 20.5 Å². The molecule has 0 aliphatic heterocycles. The number of benzene rings is 2. The van der Waals surface area contributed by atoms with Gasteiger partial charge in [0.15, 0.2) is 5.78 Å². The Morgan fingerprint density at radius 3 is 2.53 bits per heavy atom. The third-order valence-electron chi connectivity index (χ3n) is 7.71. The van der Waals surface area contributed by atoms with Crippen molar-refractivity contribution in [2.24, 2.45) is 17.8 Å². The summed E-state index contributed by atoms with van der Waals surface area (Å²) in [4.78, 5) is 38.3. The van der Waals surface area contributed by atoms with Gasteiger partial charge in [0.05, 0.1) is 6.61 Å². The first-order valence-corrected chi connectivity index (χ1v) is 13.6. The van der Waals surface area contributed by atoms with E-state index < -0.39 is 0 Å². The lowest BCUT2D eigenvalue weighted by Crippen LogP contribution is -2.27. The maximum absolute atomic E-state index is 13.1. The Hall–Kier alpha value is -3.71. The molecule has 1 saturated carbocycles. The third-order valence-corrected chi connectivity index (χ3v) is 7.71. The quantitative estimate of drug-likeness (QED) is 0.226. The van der Waals surface area contributed by atoms with Crippen LogP contribution in [0.5, 0.6) is 0 Å². The fraction of sp³-hybridized carbons (Fsp3) is 0.382. The second kappa shape index (κ2) is 12.2. The number of ketones is 3. The molecule has 2 aliphatic rings. The Morgan fingerprint density at radius 2 is 1.82 bits per heavy atom. The van der Waals surface area contributed by atoms with E-state index in [1.165, 1.54) is 0 Å². The molecular weight excluding hydrogens is 472 g/mol. The third kappa shape index (κ3) is 6.05. The van der Waals surface area contributed by atoms with Crippen LogP contribution in [-0.4, -0.2) is 24.0 Å². The lowest BCUT2D eigenvalue weighted by atomic mass is 9.77. The summed E-state index contributed by atoms with van der Waals surface area (Å²) < 4.78 is 6.15. The molecule has 0 aromatic heterocycles. The maximum atomic E-state index is 13.1. The molecule has 3 unspecified atom stereocenters. The lowest BCUT2D eigenvalue weighted by Gasteiger charge is -2.25. The van der Waals surface area contributed by atoms with Crippen LogP contribution >= 0.6 is 0 Å². The maximum Gasteiger partial charge on any atom is 0.186 e. The molecule has 3 atom stereocenters. The Bertz CT molecular complexity index is 1330. The van der Waals surface area contributed by atoms with Crippen molar-refractivity contribution in [2.75, 3.05) is 6.61 Å². The summed E-state index contributed by atoms with van der Waals surface area (Å²) in [6.45, 7) is 6.35. The zero-order valence-corrected chi connectivity index (χ0v) is 22.6. The fourth-order valence-corrected chi connectivity index (χ4v) is 5.59. The van der Waals surface area contributed by atoms with Gasteiger partial charge in [-0.05, 0) is 56.7 Å². The topological polar surface area (TPSA) is 60.4 Å². The van der Waals surface area contributed by atoms with Gasteiger partial charge in [-0.15, -0.1) is 6.42 Å². The van der Waals surface area contributed by atoms with Crippen LogP contribution in [0.1, 0.15) is 81.4 Å². The summed E-state index contributed by atoms with van der Waals surface area (Å²) in [6.07, 6.45) is 10.8. The van der Waals surface area contributed by atoms with Gasteiger partial charge < -0.3 is 4.74 Å². The van der Waals surface area contributed by atoms with Crippen molar-refractivity contribution in [2.45, 2.75) is 59.3 Å². The van der Waals surface area contributed by atoms with Crippen molar-refractivity contribution in [3.63, 3.8) is 0 Å². The number of allylic oxidation sites excluding steroid dienone is 3. The summed E-state index contributed by atoms with van der Waals surface area (Å²) in [5, 5.41) is 0. The van der Waals surface area contributed by atoms with Crippen molar-refractivity contribution in [1.29, 1.82) is 0 Å². The lowest BCUT2D eigenvalue weighted by molar-refractivity contribution is -0.129. The normalized spacial score (nSPS) is 21.3. The van der Waals surface area contributed by atoms with Crippen molar-refractivity contribution in [3.05, 3.63) is 82.4 Å². The number of carbonyl (C=O) groups is 3. The van der Waals surface area contributed by atoms with E-state index in [1.807, 2.05) is 63.2 Å². The Kier molecular flexibility index (Phi) is 8.79. The number of fused-ring (bicyclic) bond motifs is 1. The standard InChI is InChI=1S/C34H36O4.H2/c1-5-22(3)32(34(38-6-2)25-10-8-7-9-11-25)26-14-17-30-28(21-26)19-24(20-31(30)36)18-27-13-16-29(35)15-12-23(4)33(27)37;/h1,7-11,14,17,20-23,27H,6,12-13,15-16,18-19H2,2-4H3;1H/b34-32+;. The average Bonchev–Trinajstić information content (AvgIpc) is 2.92. The van der Waals surface area contributed by atoms with Gasteiger partial charge in [0.1, 0.15) is 17.3 Å². The monoisotopic (exact) mass is 510 g/mol. The summed E-state index contributed by atoms with van der Waals surface area (Å²) in [7, 11) is 0. The molecular formula is C34H38O4. The number of rotatable bonds is 7. The molecule has 4 rings (SSSR count).